The standard InChI is InChI=1S/C14H10N2O4S/c17-14(18)9-4-1-2-6-11(9)21-8-12-15-16-13(20-12)10-5-3-7-19-10/h1-7H,8H2,(H,17,18). The SMILES string of the molecule is O=C(O)c1ccccc1SCc1nnc(-c2ccco2)o1. The molecule has 0 aliphatic carbocycles. The van der Waals surface area contributed by atoms with Gasteiger partial charge in [-0.3, -0.25) is 0 Å². The molecule has 0 amide bonds. The zero-order valence-electron chi connectivity index (χ0n) is 10.7. The monoisotopic (exact) mass is 302 g/mol. The number of aromatic carboxylic acids is 1. The van der Waals surface area contributed by atoms with Gasteiger partial charge in [0.2, 0.25) is 5.89 Å². The fraction of sp³-hybridized carbons (Fsp3) is 0.0714. The predicted molar refractivity (Wildman–Crippen MR) is 75.0 cm³/mol. The summed E-state index contributed by atoms with van der Waals surface area (Å²) < 4.78 is 10.6. The van der Waals surface area contributed by atoms with Gasteiger partial charge in [-0.05, 0) is 24.3 Å². The normalized spacial score (nSPS) is 10.7. The van der Waals surface area contributed by atoms with Crippen LogP contribution in [0.3, 0.4) is 0 Å². The van der Waals surface area contributed by atoms with Crippen LogP contribution in [0.2, 0.25) is 0 Å². The lowest BCUT2D eigenvalue weighted by Crippen LogP contribution is -1.98. The first kappa shape index (κ1) is 13.4. The molecule has 2 aromatic heterocycles. The highest BCUT2D eigenvalue weighted by Gasteiger charge is 2.13. The molecule has 0 saturated carbocycles. The molecule has 106 valence electrons. The topological polar surface area (TPSA) is 89.4 Å². The minimum atomic E-state index is -0.958. The van der Waals surface area contributed by atoms with Crippen molar-refractivity contribution in [3.63, 3.8) is 0 Å². The van der Waals surface area contributed by atoms with Gasteiger partial charge in [-0.1, -0.05) is 12.1 Å². The second kappa shape index (κ2) is 5.84. The van der Waals surface area contributed by atoms with Crippen LogP contribution >= 0.6 is 11.8 Å². The van der Waals surface area contributed by atoms with Gasteiger partial charge in [-0.25, -0.2) is 4.79 Å². The van der Waals surface area contributed by atoms with E-state index in [1.807, 2.05) is 0 Å². The first-order valence-corrected chi connectivity index (χ1v) is 7.04. The molecule has 0 fully saturated rings. The van der Waals surface area contributed by atoms with Crippen molar-refractivity contribution in [2.45, 2.75) is 10.6 Å². The van der Waals surface area contributed by atoms with Crippen LogP contribution in [-0.4, -0.2) is 21.3 Å². The number of carbonyl (C=O) groups is 1. The molecule has 0 saturated heterocycles. The van der Waals surface area contributed by atoms with E-state index in [4.69, 9.17) is 13.9 Å². The van der Waals surface area contributed by atoms with E-state index in [0.29, 0.717) is 28.2 Å². The van der Waals surface area contributed by atoms with Crippen molar-refractivity contribution in [3.05, 3.63) is 54.1 Å². The van der Waals surface area contributed by atoms with Crippen molar-refractivity contribution in [2.75, 3.05) is 0 Å². The molecule has 3 rings (SSSR count). The van der Waals surface area contributed by atoms with Crippen LogP contribution in [0.1, 0.15) is 16.2 Å². The summed E-state index contributed by atoms with van der Waals surface area (Å²) in [6.45, 7) is 0. The molecule has 0 spiro atoms. The quantitative estimate of drug-likeness (QED) is 0.723. The first-order valence-electron chi connectivity index (χ1n) is 6.05. The fourth-order valence-electron chi connectivity index (χ4n) is 1.72. The van der Waals surface area contributed by atoms with E-state index in [1.54, 1.807) is 36.4 Å². The lowest BCUT2D eigenvalue weighted by Gasteiger charge is -2.02. The summed E-state index contributed by atoms with van der Waals surface area (Å²) >= 11 is 1.33. The Morgan fingerprint density at radius 1 is 1.19 bits per heavy atom. The molecule has 3 aromatic rings. The van der Waals surface area contributed by atoms with Gasteiger partial charge in [0.1, 0.15) is 0 Å². The molecule has 1 aromatic carbocycles. The molecule has 0 unspecified atom stereocenters. The summed E-state index contributed by atoms with van der Waals surface area (Å²) in [7, 11) is 0. The Kier molecular flexibility index (Phi) is 3.74. The van der Waals surface area contributed by atoms with Crippen LogP contribution in [0.4, 0.5) is 0 Å². The van der Waals surface area contributed by atoms with Gasteiger partial charge in [-0.15, -0.1) is 22.0 Å². The van der Waals surface area contributed by atoms with Crippen molar-refractivity contribution < 1.29 is 18.7 Å². The molecular weight excluding hydrogens is 292 g/mol. The lowest BCUT2D eigenvalue weighted by atomic mass is 10.2. The number of nitrogens with zero attached hydrogens (tertiary/aromatic N) is 2. The third-order valence-electron chi connectivity index (χ3n) is 2.67. The van der Waals surface area contributed by atoms with Gasteiger partial charge in [0, 0.05) is 4.90 Å². The summed E-state index contributed by atoms with van der Waals surface area (Å²) in [5.41, 5.74) is 0.258. The van der Waals surface area contributed by atoms with E-state index in [2.05, 4.69) is 10.2 Å². The maximum atomic E-state index is 11.1. The maximum Gasteiger partial charge on any atom is 0.336 e. The molecule has 2 heterocycles. The highest BCUT2D eigenvalue weighted by Crippen LogP contribution is 2.27. The van der Waals surface area contributed by atoms with Crippen LogP contribution in [-0.2, 0) is 5.75 Å². The van der Waals surface area contributed by atoms with Crippen molar-refractivity contribution >= 4 is 17.7 Å². The first-order chi connectivity index (χ1) is 10.2. The molecule has 0 radical (unpaired) electrons. The number of rotatable bonds is 5. The summed E-state index contributed by atoms with van der Waals surface area (Å²) in [6, 6.07) is 10.2. The molecule has 0 aliphatic heterocycles. The number of benzene rings is 1. The molecule has 0 atom stereocenters. The Morgan fingerprint density at radius 3 is 2.81 bits per heavy atom. The minimum absolute atomic E-state index is 0.258. The summed E-state index contributed by atoms with van der Waals surface area (Å²) in [5.74, 6) is 0.649. The Balaban J connectivity index is 1.73. The molecule has 0 bridgehead atoms. The third-order valence-corrected chi connectivity index (χ3v) is 3.73. The largest absolute Gasteiger partial charge is 0.478 e. The van der Waals surface area contributed by atoms with Crippen molar-refractivity contribution in [1.29, 1.82) is 0 Å². The van der Waals surface area contributed by atoms with Crippen molar-refractivity contribution in [3.8, 4) is 11.7 Å². The number of thioether (sulfide) groups is 1. The van der Waals surface area contributed by atoms with E-state index in [1.165, 1.54) is 18.0 Å². The van der Waals surface area contributed by atoms with Crippen LogP contribution in [0.5, 0.6) is 0 Å². The van der Waals surface area contributed by atoms with Crippen LogP contribution in [0, 0.1) is 0 Å². The number of aromatic nitrogens is 2. The number of hydrogen-bond donors (Lipinski definition) is 1. The average Bonchev–Trinajstić information content (AvgIpc) is 3.16. The molecule has 7 heteroatoms. The molecule has 21 heavy (non-hydrogen) atoms. The molecular formula is C14H10N2O4S. The number of carboxylic acids is 1. The fourth-order valence-corrected chi connectivity index (χ4v) is 2.60. The highest BCUT2D eigenvalue weighted by molar-refractivity contribution is 7.98. The summed E-state index contributed by atoms with van der Waals surface area (Å²) in [5, 5.41) is 16.9. The van der Waals surface area contributed by atoms with Crippen LogP contribution in [0.25, 0.3) is 11.7 Å². The van der Waals surface area contributed by atoms with Crippen LogP contribution < -0.4 is 0 Å². The Bertz CT molecular complexity index is 752. The average molecular weight is 302 g/mol. The van der Waals surface area contributed by atoms with E-state index >= 15 is 0 Å². The second-order valence-electron chi connectivity index (χ2n) is 4.07. The Labute approximate surface area is 123 Å². The Morgan fingerprint density at radius 2 is 2.05 bits per heavy atom. The van der Waals surface area contributed by atoms with E-state index in [-0.39, 0.29) is 5.56 Å². The predicted octanol–water partition coefficient (Wildman–Crippen LogP) is 3.32. The van der Waals surface area contributed by atoms with E-state index in [9.17, 15) is 4.79 Å². The Hall–Kier alpha value is -2.54. The second-order valence-corrected chi connectivity index (χ2v) is 5.09. The van der Waals surface area contributed by atoms with Crippen molar-refractivity contribution in [2.24, 2.45) is 0 Å². The molecule has 1 N–H and O–H groups in total. The van der Waals surface area contributed by atoms with Gasteiger partial charge in [0.15, 0.2) is 5.76 Å². The maximum absolute atomic E-state index is 11.1. The van der Waals surface area contributed by atoms with Crippen LogP contribution in [0.15, 0.2) is 56.4 Å². The zero-order valence-corrected chi connectivity index (χ0v) is 11.5. The molecule has 0 aliphatic rings. The molecule has 6 nitrogen and oxygen atoms in total. The number of furan rings is 1. The number of hydrogen-bond acceptors (Lipinski definition) is 6. The highest BCUT2D eigenvalue weighted by atomic mass is 32.2. The van der Waals surface area contributed by atoms with E-state index < -0.39 is 5.97 Å². The number of carboxylic acid groups (broad SMARTS) is 1. The summed E-state index contributed by atoms with van der Waals surface area (Å²) in [4.78, 5) is 11.8. The van der Waals surface area contributed by atoms with Gasteiger partial charge in [0.05, 0.1) is 17.6 Å². The van der Waals surface area contributed by atoms with Gasteiger partial charge in [-0.2, -0.15) is 0 Å². The van der Waals surface area contributed by atoms with Gasteiger partial charge < -0.3 is 13.9 Å². The van der Waals surface area contributed by atoms with Gasteiger partial charge >= 0.3 is 5.97 Å². The summed E-state index contributed by atoms with van der Waals surface area (Å²) in [6.07, 6.45) is 1.52. The lowest BCUT2D eigenvalue weighted by molar-refractivity contribution is 0.0693. The van der Waals surface area contributed by atoms with E-state index in [0.717, 1.165) is 0 Å². The smallest absolute Gasteiger partial charge is 0.336 e. The van der Waals surface area contributed by atoms with Crippen molar-refractivity contribution in [1.82, 2.24) is 10.2 Å². The zero-order chi connectivity index (χ0) is 14.7. The third kappa shape index (κ3) is 2.97. The van der Waals surface area contributed by atoms with Gasteiger partial charge in [0.25, 0.3) is 5.89 Å². The minimum Gasteiger partial charge on any atom is -0.478 e.